The van der Waals surface area contributed by atoms with Gasteiger partial charge in [-0.25, -0.2) is 4.79 Å². The third kappa shape index (κ3) is 7.03. The van der Waals surface area contributed by atoms with Crippen molar-refractivity contribution in [2.75, 3.05) is 12.3 Å². The molecule has 0 saturated heterocycles. The fourth-order valence-corrected chi connectivity index (χ4v) is 2.06. The number of imide groups is 1. The number of hydrogen-bond acceptors (Lipinski definition) is 3. The molecule has 0 spiro atoms. The van der Waals surface area contributed by atoms with Crippen molar-refractivity contribution in [2.24, 2.45) is 0 Å². The van der Waals surface area contributed by atoms with Crippen LogP contribution in [0.4, 0.5) is 18.0 Å². The molecule has 0 aliphatic heterocycles. The van der Waals surface area contributed by atoms with Crippen LogP contribution in [0, 0.1) is 6.92 Å². The van der Waals surface area contributed by atoms with E-state index in [1.54, 1.807) is 11.4 Å². The van der Waals surface area contributed by atoms with Gasteiger partial charge in [-0.1, -0.05) is 17.7 Å². The standard InChI is InChI=1S/C12H13F3N2O2S/c1-8-3-2-4-9(5-8)20-6-10(18)17-11(19)16-7-12(13,14)15/h2-5H,6-7H2,1H3,(H2,16,17,18,19). The van der Waals surface area contributed by atoms with E-state index >= 15 is 0 Å². The lowest BCUT2D eigenvalue weighted by Crippen LogP contribution is -2.43. The summed E-state index contributed by atoms with van der Waals surface area (Å²) >= 11 is 1.19. The van der Waals surface area contributed by atoms with Crippen LogP contribution in [-0.2, 0) is 4.79 Å². The second-order valence-corrected chi connectivity index (χ2v) is 5.00. The number of aryl methyl sites for hydroxylation is 1. The molecular formula is C12H13F3N2O2S. The number of nitrogens with one attached hydrogen (secondary N) is 2. The van der Waals surface area contributed by atoms with E-state index in [4.69, 9.17) is 0 Å². The molecule has 20 heavy (non-hydrogen) atoms. The highest BCUT2D eigenvalue weighted by Crippen LogP contribution is 2.18. The highest BCUT2D eigenvalue weighted by Gasteiger charge is 2.27. The van der Waals surface area contributed by atoms with Crippen molar-refractivity contribution >= 4 is 23.7 Å². The molecule has 0 aliphatic carbocycles. The third-order valence-corrected chi connectivity index (χ3v) is 3.06. The molecule has 0 radical (unpaired) electrons. The maximum absolute atomic E-state index is 11.8. The predicted molar refractivity (Wildman–Crippen MR) is 69.5 cm³/mol. The van der Waals surface area contributed by atoms with Crippen molar-refractivity contribution in [1.29, 1.82) is 0 Å². The number of amides is 3. The lowest BCUT2D eigenvalue weighted by Gasteiger charge is -2.09. The molecule has 3 amide bonds. The maximum atomic E-state index is 11.8. The minimum absolute atomic E-state index is 0.0527. The Labute approximate surface area is 118 Å². The van der Waals surface area contributed by atoms with Crippen molar-refractivity contribution in [1.82, 2.24) is 10.6 Å². The zero-order valence-corrected chi connectivity index (χ0v) is 11.4. The van der Waals surface area contributed by atoms with Crippen molar-refractivity contribution < 1.29 is 22.8 Å². The van der Waals surface area contributed by atoms with Gasteiger partial charge in [0.15, 0.2) is 0 Å². The largest absolute Gasteiger partial charge is 0.405 e. The van der Waals surface area contributed by atoms with E-state index in [0.29, 0.717) is 0 Å². The first kappa shape index (κ1) is 16.4. The second-order valence-electron chi connectivity index (χ2n) is 3.95. The average Bonchev–Trinajstić information content (AvgIpc) is 2.33. The predicted octanol–water partition coefficient (Wildman–Crippen LogP) is 2.48. The Bertz CT molecular complexity index is 492. The minimum Gasteiger partial charge on any atom is -0.329 e. The Kier molecular flexibility index (Phi) is 5.87. The maximum Gasteiger partial charge on any atom is 0.405 e. The van der Waals surface area contributed by atoms with E-state index in [2.05, 4.69) is 0 Å². The van der Waals surface area contributed by atoms with E-state index in [9.17, 15) is 22.8 Å². The molecule has 1 aromatic rings. The highest BCUT2D eigenvalue weighted by molar-refractivity contribution is 8.00. The summed E-state index contributed by atoms with van der Waals surface area (Å²) in [5.41, 5.74) is 1.03. The Morgan fingerprint density at radius 1 is 1.30 bits per heavy atom. The molecule has 0 fully saturated rings. The van der Waals surface area contributed by atoms with E-state index in [0.717, 1.165) is 10.5 Å². The molecule has 0 aromatic heterocycles. The van der Waals surface area contributed by atoms with Crippen LogP contribution < -0.4 is 10.6 Å². The molecule has 0 atom stereocenters. The molecular weight excluding hydrogens is 293 g/mol. The summed E-state index contributed by atoms with van der Waals surface area (Å²) in [6.45, 7) is 0.422. The molecule has 0 aliphatic rings. The van der Waals surface area contributed by atoms with Gasteiger partial charge in [0.1, 0.15) is 6.54 Å². The summed E-state index contributed by atoms with van der Waals surface area (Å²) in [6.07, 6.45) is -4.50. The number of carbonyl (C=O) groups excluding carboxylic acids is 2. The normalized spacial score (nSPS) is 11.0. The van der Waals surface area contributed by atoms with E-state index in [1.165, 1.54) is 11.8 Å². The van der Waals surface area contributed by atoms with Crippen LogP contribution in [0.2, 0.25) is 0 Å². The molecule has 1 aromatic carbocycles. The molecule has 4 nitrogen and oxygen atoms in total. The van der Waals surface area contributed by atoms with Crippen LogP contribution in [0.15, 0.2) is 29.2 Å². The van der Waals surface area contributed by atoms with Gasteiger partial charge in [-0.3, -0.25) is 10.1 Å². The zero-order valence-electron chi connectivity index (χ0n) is 10.6. The van der Waals surface area contributed by atoms with Gasteiger partial charge in [0.2, 0.25) is 5.91 Å². The van der Waals surface area contributed by atoms with E-state index in [-0.39, 0.29) is 5.75 Å². The molecule has 0 bridgehead atoms. The number of halogens is 3. The van der Waals surface area contributed by atoms with Crippen molar-refractivity contribution in [3.8, 4) is 0 Å². The van der Waals surface area contributed by atoms with Crippen LogP contribution in [0.1, 0.15) is 5.56 Å². The molecule has 8 heteroatoms. The van der Waals surface area contributed by atoms with Gasteiger partial charge in [0, 0.05) is 4.90 Å². The minimum atomic E-state index is -4.50. The number of benzene rings is 1. The number of hydrogen-bond donors (Lipinski definition) is 2. The van der Waals surface area contributed by atoms with Crippen molar-refractivity contribution in [3.05, 3.63) is 29.8 Å². The summed E-state index contributed by atoms with van der Waals surface area (Å²) < 4.78 is 35.5. The summed E-state index contributed by atoms with van der Waals surface area (Å²) in [7, 11) is 0. The Morgan fingerprint density at radius 2 is 2.00 bits per heavy atom. The van der Waals surface area contributed by atoms with Gasteiger partial charge in [-0.05, 0) is 19.1 Å². The molecule has 1 rings (SSSR count). The molecule has 2 N–H and O–H groups in total. The van der Waals surface area contributed by atoms with Crippen LogP contribution in [0.3, 0.4) is 0 Å². The fourth-order valence-electron chi connectivity index (χ4n) is 1.24. The first-order valence-corrected chi connectivity index (χ1v) is 6.59. The first-order chi connectivity index (χ1) is 9.26. The van der Waals surface area contributed by atoms with Gasteiger partial charge >= 0.3 is 12.2 Å². The smallest absolute Gasteiger partial charge is 0.329 e. The quantitative estimate of drug-likeness (QED) is 0.840. The topological polar surface area (TPSA) is 58.2 Å². The summed E-state index contributed by atoms with van der Waals surface area (Å²) in [4.78, 5) is 23.2. The van der Waals surface area contributed by atoms with Gasteiger partial charge in [0.25, 0.3) is 0 Å². The van der Waals surface area contributed by atoms with Gasteiger partial charge < -0.3 is 5.32 Å². The second kappa shape index (κ2) is 7.18. The lowest BCUT2D eigenvalue weighted by molar-refractivity contribution is -0.124. The molecule has 110 valence electrons. The molecule has 0 saturated carbocycles. The Hall–Kier alpha value is -1.70. The van der Waals surface area contributed by atoms with Crippen molar-refractivity contribution in [3.63, 3.8) is 0 Å². The zero-order chi connectivity index (χ0) is 15.2. The van der Waals surface area contributed by atoms with Gasteiger partial charge in [-0.2, -0.15) is 13.2 Å². The average molecular weight is 306 g/mol. The van der Waals surface area contributed by atoms with Gasteiger partial charge in [0.05, 0.1) is 5.75 Å². The SMILES string of the molecule is Cc1cccc(SCC(=O)NC(=O)NCC(F)(F)F)c1. The van der Waals surface area contributed by atoms with Crippen LogP contribution >= 0.6 is 11.8 Å². The molecule has 0 heterocycles. The van der Waals surface area contributed by atoms with Crippen LogP contribution in [0.5, 0.6) is 0 Å². The van der Waals surface area contributed by atoms with Crippen LogP contribution in [-0.4, -0.2) is 30.4 Å². The molecule has 0 unspecified atom stereocenters. The lowest BCUT2D eigenvalue weighted by atomic mass is 10.2. The fraction of sp³-hybridized carbons (Fsp3) is 0.333. The Morgan fingerprint density at radius 3 is 2.60 bits per heavy atom. The number of carbonyl (C=O) groups is 2. The Balaban J connectivity index is 2.31. The van der Waals surface area contributed by atoms with Crippen LogP contribution in [0.25, 0.3) is 0 Å². The summed E-state index contributed by atoms with van der Waals surface area (Å²) in [5.74, 6) is -0.709. The van der Waals surface area contributed by atoms with Crippen molar-refractivity contribution in [2.45, 2.75) is 18.0 Å². The number of thioether (sulfide) groups is 1. The summed E-state index contributed by atoms with van der Waals surface area (Å²) in [6, 6.07) is 6.23. The number of rotatable bonds is 4. The van der Waals surface area contributed by atoms with E-state index in [1.807, 2.05) is 30.4 Å². The summed E-state index contributed by atoms with van der Waals surface area (Å²) in [5, 5.41) is 3.38. The monoisotopic (exact) mass is 306 g/mol. The highest BCUT2D eigenvalue weighted by atomic mass is 32.2. The van der Waals surface area contributed by atoms with E-state index < -0.39 is 24.7 Å². The number of urea groups is 1. The first-order valence-electron chi connectivity index (χ1n) is 5.60. The number of alkyl halides is 3. The van der Waals surface area contributed by atoms with Gasteiger partial charge in [-0.15, -0.1) is 11.8 Å². The third-order valence-electron chi connectivity index (χ3n) is 2.06.